The number of rotatable bonds is 3. The van der Waals surface area contributed by atoms with Crippen LogP contribution < -0.4 is 4.72 Å². The second kappa shape index (κ2) is 5.05. The summed E-state index contributed by atoms with van der Waals surface area (Å²) in [6.45, 7) is 5.79. The summed E-state index contributed by atoms with van der Waals surface area (Å²) in [6.07, 6.45) is 0. The molecule has 0 amide bonds. The number of hydrogen-bond donors (Lipinski definition) is 1. The average Bonchev–Trinajstić information content (AvgIpc) is 2.32. The van der Waals surface area contributed by atoms with E-state index in [1.54, 1.807) is 24.3 Å². The summed E-state index contributed by atoms with van der Waals surface area (Å²) in [5.41, 5.74) is 3.64. The van der Waals surface area contributed by atoms with Gasteiger partial charge < -0.3 is 0 Å². The fourth-order valence-electron chi connectivity index (χ4n) is 1.80. The molecule has 0 bridgehead atoms. The molecule has 2 aromatic rings. The molecular formula is C15H17NO2S. The van der Waals surface area contributed by atoms with E-state index in [0.717, 1.165) is 16.7 Å². The number of hydrogen-bond acceptors (Lipinski definition) is 2. The van der Waals surface area contributed by atoms with E-state index in [1.807, 2.05) is 39.0 Å². The zero-order valence-electron chi connectivity index (χ0n) is 11.3. The topological polar surface area (TPSA) is 46.2 Å². The monoisotopic (exact) mass is 275 g/mol. The van der Waals surface area contributed by atoms with Crippen LogP contribution in [0.3, 0.4) is 0 Å². The average molecular weight is 275 g/mol. The predicted octanol–water partition coefficient (Wildman–Crippen LogP) is 3.41. The molecule has 0 spiro atoms. The Morgan fingerprint density at radius 3 is 2.26 bits per heavy atom. The summed E-state index contributed by atoms with van der Waals surface area (Å²) in [4.78, 5) is 0.289. The minimum absolute atomic E-state index is 0.289. The molecule has 0 saturated heterocycles. The minimum Gasteiger partial charge on any atom is -0.280 e. The molecular weight excluding hydrogens is 258 g/mol. The van der Waals surface area contributed by atoms with Crippen LogP contribution in [-0.4, -0.2) is 8.42 Å². The summed E-state index contributed by atoms with van der Waals surface area (Å²) >= 11 is 0. The highest BCUT2D eigenvalue weighted by Crippen LogP contribution is 2.19. The summed E-state index contributed by atoms with van der Waals surface area (Å²) in [7, 11) is -3.52. The fourth-order valence-corrected chi connectivity index (χ4v) is 2.94. The second-order valence-electron chi connectivity index (χ2n) is 4.72. The standard InChI is InChI=1S/C15H17NO2S/c1-11-5-4-6-14(9-11)16-19(17,18)15-8-7-12(2)13(3)10-15/h4-10,16H,1-3H3. The number of aryl methyl sites for hydroxylation is 3. The van der Waals surface area contributed by atoms with Crippen LogP contribution in [0.15, 0.2) is 47.4 Å². The first kappa shape index (κ1) is 13.6. The Hall–Kier alpha value is -1.81. The lowest BCUT2D eigenvalue weighted by molar-refractivity contribution is 0.601. The third-order valence-corrected chi connectivity index (χ3v) is 4.44. The third kappa shape index (κ3) is 3.15. The zero-order valence-corrected chi connectivity index (χ0v) is 12.1. The first-order valence-corrected chi connectivity index (χ1v) is 7.53. The van der Waals surface area contributed by atoms with Gasteiger partial charge in [0.2, 0.25) is 0 Å². The van der Waals surface area contributed by atoms with E-state index in [0.29, 0.717) is 5.69 Å². The van der Waals surface area contributed by atoms with Crippen LogP contribution in [0.5, 0.6) is 0 Å². The Morgan fingerprint density at radius 2 is 1.63 bits per heavy atom. The van der Waals surface area contributed by atoms with E-state index in [1.165, 1.54) is 0 Å². The van der Waals surface area contributed by atoms with Crippen molar-refractivity contribution in [2.75, 3.05) is 4.72 Å². The number of sulfonamides is 1. The van der Waals surface area contributed by atoms with Gasteiger partial charge in [-0.1, -0.05) is 18.2 Å². The third-order valence-electron chi connectivity index (χ3n) is 3.06. The van der Waals surface area contributed by atoms with Crippen LogP contribution in [0, 0.1) is 20.8 Å². The molecule has 2 aromatic carbocycles. The molecule has 2 rings (SSSR count). The van der Waals surface area contributed by atoms with Gasteiger partial charge >= 0.3 is 0 Å². The molecule has 3 nitrogen and oxygen atoms in total. The van der Waals surface area contributed by atoms with Crippen molar-refractivity contribution in [3.8, 4) is 0 Å². The first-order valence-electron chi connectivity index (χ1n) is 6.05. The van der Waals surface area contributed by atoms with Crippen molar-refractivity contribution in [3.63, 3.8) is 0 Å². The van der Waals surface area contributed by atoms with Crippen molar-refractivity contribution in [1.82, 2.24) is 0 Å². The van der Waals surface area contributed by atoms with E-state index in [2.05, 4.69) is 4.72 Å². The van der Waals surface area contributed by atoms with Crippen LogP contribution >= 0.6 is 0 Å². The molecule has 0 radical (unpaired) electrons. The van der Waals surface area contributed by atoms with Gasteiger partial charge in [-0.25, -0.2) is 8.42 Å². The van der Waals surface area contributed by atoms with E-state index in [-0.39, 0.29) is 4.90 Å². The second-order valence-corrected chi connectivity index (χ2v) is 6.40. The molecule has 19 heavy (non-hydrogen) atoms. The van der Waals surface area contributed by atoms with Gasteiger partial charge in [0.25, 0.3) is 10.0 Å². The molecule has 0 unspecified atom stereocenters. The summed E-state index contributed by atoms with van der Waals surface area (Å²) in [5.74, 6) is 0. The first-order chi connectivity index (χ1) is 8.88. The van der Waals surface area contributed by atoms with Gasteiger partial charge in [0.05, 0.1) is 4.90 Å². The molecule has 0 aliphatic carbocycles. The Balaban J connectivity index is 2.35. The quantitative estimate of drug-likeness (QED) is 0.933. The molecule has 100 valence electrons. The lowest BCUT2D eigenvalue weighted by Crippen LogP contribution is -2.13. The van der Waals surface area contributed by atoms with E-state index >= 15 is 0 Å². The normalized spacial score (nSPS) is 11.3. The van der Waals surface area contributed by atoms with Crippen LogP contribution in [0.2, 0.25) is 0 Å². The maximum Gasteiger partial charge on any atom is 0.261 e. The van der Waals surface area contributed by atoms with Crippen molar-refractivity contribution >= 4 is 15.7 Å². The van der Waals surface area contributed by atoms with Crippen LogP contribution in [0.4, 0.5) is 5.69 Å². The molecule has 0 aliphatic rings. The molecule has 0 fully saturated rings. The highest BCUT2D eigenvalue weighted by atomic mass is 32.2. The maximum absolute atomic E-state index is 12.3. The Morgan fingerprint density at radius 1 is 0.895 bits per heavy atom. The van der Waals surface area contributed by atoms with Crippen molar-refractivity contribution in [2.24, 2.45) is 0 Å². The highest BCUT2D eigenvalue weighted by Gasteiger charge is 2.14. The maximum atomic E-state index is 12.3. The molecule has 1 N–H and O–H groups in total. The SMILES string of the molecule is Cc1cccc(NS(=O)(=O)c2ccc(C)c(C)c2)c1. The smallest absolute Gasteiger partial charge is 0.261 e. The van der Waals surface area contributed by atoms with Gasteiger partial charge in [-0.2, -0.15) is 0 Å². The molecule has 4 heteroatoms. The van der Waals surface area contributed by atoms with Gasteiger partial charge in [-0.3, -0.25) is 4.72 Å². The van der Waals surface area contributed by atoms with Gasteiger partial charge in [0.15, 0.2) is 0 Å². The minimum atomic E-state index is -3.52. The van der Waals surface area contributed by atoms with Crippen molar-refractivity contribution in [2.45, 2.75) is 25.7 Å². The predicted molar refractivity (Wildman–Crippen MR) is 77.9 cm³/mol. The van der Waals surface area contributed by atoms with Gasteiger partial charge in [-0.15, -0.1) is 0 Å². The number of benzene rings is 2. The van der Waals surface area contributed by atoms with Gasteiger partial charge in [0, 0.05) is 5.69 Å². The Kier molecular flexibility index (Phi) is 3.62. The van der Waals surface area contributed by atoms with Gasteiger partial charge in [-0.05, 0) is 61.7 Å². The molecule has 0 atom stereocenters. The molecule has 0 aliphatic heterocycles. The van der Waals surface area contributed by atoms with Crippen LogP contribution in [0.1, 0.15) is 16.7 Å². The fraction of sp³-hybridized carbons (Fsp3) is 0.200. The number of nitrogens with one attached hydrogen (secondary N) is 1. The van der Waals surface area contributed by atoms with Crippen LogP contribution in [-0.2, 0) is 10.0 Å². The summed E-state index contributed by atoms with van der Waals surface area (Å²) in [5, 5.41) is 0. The molecule has 0 saturated carbocycles. The highest BCUT2D eigenvalue weighted by molar-refractivity contribution is 7.92. The van der Waals surface area contributed by atoms with Gasteiger partial charge in [0.1, 0.15) is 0 Å². The lowest BCUT2D eigenvalue weighted by Gasteiger charge is -2.10. The molecule has 0 heterocycles. The lowest BCUT2D eigenvalue weighted by atomic mass is 10.1. The van der Waals surface area contributed by atoms with Crippen LogP contribution in [0.25, 0.3) is 0 Å². The molecule has 0 aromatic heterocycles. The number of anilines is 1. The van der Waals surface area contributed by atoms with E-state index < -0.39 is 10.0 Å². The largest absolute Gasteiger partial charge is 0.280 e. The van der Waals surface area contributed by atoms with E-state index in [9.17, 15) is 8.42 Å². The van der Waals surface area contributed by atoms with Crippen molar-refractivity contribution in [3.05, 3.63) is 59.2 Å². The summed E-state index contributed by atoms with van der Waals surface area (Å²) in [6, 6.07) is 12.4. The van der Waals surface area contributed by atoms with Crippen molar-refractivity contribution < 1.29 is 8.42 Å². The summed E-state index contributed by atoms with van der Waals surface area (Å²) < 4.78 is 27.1. The zero-order chi connectivity index (χ0) is 14.0. The Labute approximate surface area is 114 Å². The van der Waals surface area contributed by atoms with Crippen molar-refractivity contribution in [1.29, 1.82) is 0 Å². The van der Waals surface area contributed by atoms with E-state index in [4.69, 9.17) is 0 Å². The Bertz CT molecular complexity index is 706.